The van der Waals surface area contributed by atoms with E-state index in [0.29, 0.717) is 0 Å². The molecule has 0 unspecified atom stereocenters. The number of hydrogen-bond acceptors (Lipinski definition) is 3. The van der Waals surface area contributed by atoms with Crippen LogP contribution in [0.3, 0.4) is 0 Å². The van der Waals surface area contributed by atoms with Gasteiger partial charge in [-0.05, 0) is 35.2 Å². The molecule has 1 aromatic carbocycles. The second-order valence-electron chi connectivity index (χ2n) is 4.71. The van der Waals surface area contributed by atoms with Crippen LogP contribution in [0.5, 0.6) is 0 Å². The highest BCUT2D eigenvalue weighted by Crippen LogP contribution is 2.39. The summed E-state index contributed by atoms with van der Waals surface area (Å²) in [6, 6.07) is 21.6. The molecule has 21 heavy (non-hydrogen) atoms. The van der Waals surface area contributed by atoms with Gasteiger partial charge in [-0.2, -0.15) is 0 Å². The number of hydrogen-bond donors (Lipinski definition) is 0. The van der Waals surface area contributed by atoms with Crippen molar-refractivity contribution in [2.24, 2.45) is 0 Å². The average molecular weight is 324 g/mol. The normalized spacial score (nSPS) is 10.9. The molecule has 0 aliphatic carbocycles. The first-order valence-corrected chi connectivity index (χ1v) is 9.26. The van der Waals surface area contributed by atoms with E-state index < -0.39 is 0 Å². The molecular formula is C18H12S3. The van der Waals surface area contributed by atoms with Gasteiger partial charge in [-0.15, -0.1) is 34.0 Å². The van der Waals surface area contributed by atoms with Crippen LogP contribution >= 0.6 is 34.0 Å². The van der Waals surface area contributed by atoms with Crippen molar-refractivity contribution in [1.82, 2.24) is 0 Å². The Labute approximate surface area is 136 Å². The van der Waals surface area contributed by atoms with E-state index in [4.69, 9.17) is 0 Å². The SMILES string of the molecule is c1ccc(-c2ccc(-c3csc(-c4cccs4)c3)s2)cc1. The van der Waals surface area contributed by atoms with Crippen LogP contribution in [0.1, 0.15) is 0 Å². The Balaban J connectivity index is 1.67. The van der Waals surface area contributed by atoms with E-state index in [-0.39, 0.29) is 0 Å². The molecule has 4 aromatic rings. The third-order valence-corrected chi connectivity index (χ3v) is 6.49. The lowest BCUT2D eigenvalue weighted by molar-refractivity contribution is 1.70. The van der Waals surface area contributed by atoms with Gasteiger partial charge < -0.3 is 0 Å². The van der Waals surface area contributed by atoms with Crippen molar-refractivity contribution in [3.05, 3.63) is 71.4 Å². The first kappa shape index (κ1) is 13.0. The maximum atomic E-state index is 2.30. The Morgan fingerprint density at radius 3 is 2.14 bits per heavy atom. The summed E-state index contributed by atoms with van der Waals surface area (Å²) in [6.07, 6.45) is 0. The van der Waals surface area contributed by atoms with Crippen LogP contribution in [0.25, 0.3) is 30.6 Å². The monoisotopic (exact) mass is 324 g/mol. The first-order valence-electron chi connectivity index (χ1n) is 6.68. The van der Waals surface area contributed by atoms with Crippen LogP contribution in [0.2, 0.25) is 0 Å². The van der Waals surface area contributed by atoms with Gasteiger partial charge >= 0.3 is 0 Å². The van der Waals surface area contributed by atoms with E-state index >= 15 is 0 Å². The molecule has 0 bridgehead atoms. The average Bonchev–Trinajstić information content (AvgIpc) is 3.27. The predicted octanol–water partition coefficient (Wildman–Crippen LogP) is 6.87. The van der Waals surface area contributed by atoms with Gasteiger partial charge in [0, 0.05) is 30.5 Å². The van der Waals surface area contributed by atoms with Crippen LogP contribution in [0.15, 0.2) is 71.4 Å². The van der Waals surface area contributed by atoms with E-state index in [2.05, 4.69) is 71.4 Å². The molecule has 0 fully saturated rings. The summed E-state index contributed by atoms with van der Waals surface area (Å²) < 4.78 is 0. The molecule has 0 atom stereocenters. The molecule has 102 valence electrons. The highest BCUT2D eigenvalue weighted by atomic mass is 32.1. The number of benzene rings is 1. The molecule has 3 heteroatoms. The Morgan fingerprint density at radius 1 is 0.571 bits per heavy atom. The Hall–Kier alpha value is -1.68. The second kappa shape index (κ2) is 5.60. The third-order valence-electron chi connectivity index (χ3n) is 3.31. The number of rotatable bonds is 3. The molecule has 0 spiro atoms. The Bertz CT molecular complexity index is 836. The molecule has 0 saturated carbocycles. The standard InChI is InChI=1S/C18H12S3/c1-2-5-13(6-3-1)15-8-9-16(21-15)14-11-18(20-12-14)17-7-4-10-19-17/h1-12H. The number of thiophene rings is 3. The summed E-state index contributed by atoms with van der Waals surface area (Å²) in [4.78, 5) is 5.38. The fraction of sp³-hybridized carbons (Fsp3) is 0. The molecule has 3 aromatic heterocycles. The van der Waals surface area contributed by atoms with Gasteiger partial charge in [0.2, 0.25) is 0 Å². The van der Waals surface area contributed by atoms with Gasteiger partial charge in [0.25, 0.3) is 0 Å². The summed E-state index contributed by atoms with van der Waals surface area (Å²) in [6.45, 7) is 0. The third kappa shape index (κ3) is 2.60. The van der Waals surface area contributed by atoms with Crippen LogP contribution in [-0.4, -0.2) is 0 Å². The van der Waals surface area contributed by atoms with E-state index in [1.165, 1.54) is 30.6 Å². The summed E-state index contributed by atoms with van der Waals surface area (Å²) >= 11 is 5.48. The molecule has 0 N–H and O–H groups in total. The lowest BCUT2D eigenvalue weighted by atomic mass is 10.2. The highest BCUT2D eigenvalue weighted by Gasteiger charge is 2.08. The van der Waals surface area contributed by atoms with Crippen LogP contribution in [0.4, 0.5) is 0 Å². The van der Waals surface area contributed by atoms with Crippen LogP contribution < -0.4 is 0 Å². The summed E-state index contributed by atoms with van der Waals surface area (Å²) in [5.41, 5.74) is 2.62. The Kier molecular flexibility index (Phi) is 3.47. The van der Waals surface area contributed by atoms with Crippen LogP contribution in [-0.2, 0) is 0 Å². The van der Waals surface area contributed by atoms with Crippen molar-refractivity contribution in [2.45, 2.75) is 0 Å². The minimum absolute atomic E-state index is 1.29. The zero-order chi connectivity index (χ0) is 14.1. The minimum Gasteiger partial charge on any atom is -0.143 e. The zero-order valence-corrected chi connectivity index (χ0v) is 13.6. The van der Waals surface area contributed by atoms with Crippen molar-refractivity contribution in [1.29, 1.82) is 0 Å². The zero-order valence-electron chi connectivity index (χ0n) is 11.2. The fourth-order valence-corrected chi connectivity index (χ4v) is 5.09. The molecule has 0 nitrogen and oxygen atoms in total. The van der Waals surface area contributed by atoms with E-state index in [1.54, 1.807) is 11.3 Å². The molecule has 0 radical (unpaired) electrons. The van der Waals surface area contributed by atoms with Crippen molar-refractivity contribution < 1.29 is 0 Å². The first-order chi connectivity index (χ1) is 10.4. The van der Waals surface area contributed by atoms with Crippen molar-refractivity contribution >= 4 is 34.0 Å². The van der Waals surface area contributed by atoms with E-state index in [1.807, 2.05) is 22.7 Å². The summed E-state index contributed by atoms with van der Waals surface area (Å²) in [5.74, 6) is 0. The predicted molar refractivity (Wildman–Crippen MR) is 96.4 cm³/mol. The van der Waals surface area contributed by atoms with Gasteiger partial charge in [0.05, 0.1) is 0 Å². The lowest BCUT2D eigenvalue weighted by Gasteiger charge is -1.95. The molecule has 0 amide bonds. The molecule has 0 aliphatic heterocycles. The molecule has 0 saturated heterocycles. The van der Waals surface area contributed by atoms with Crippen LogP contribution in [0, 0.1) is 0 Å². The second-order valence-corrected chi connectivity index (χ2v) is 7.65. The molecule has 4 rings (SSSR count). The van der Waals surface area contributed by atoms with Crippen molar-refractivity contribution in [2.75, 3.05) is 0 Å². The highest BCUT2D eigenvalue weighted by molar-refractivity contribution is 7.21. The van der Waals surface area contributed by atoms with E-state index in [9.17, 15) is 0 Å². The molecular weight excluding hydrogens is 312 g/mol. The van der Waals surface area contributed by atoms with Gasteiger partial charge in [-0.3, -0.25) is 0 Å². The Morgan fingerprint density at radius 2 is 1.38 bits per heavy atom. The molecule has 0 aliphatic rings. The van der Waals surface area contributed by atoms with Gasteiger partial charge in [-0.1, -0.05) is 36.4 Å². The maximum absolute atomic E-state index is 2.30. The minimum atomic E-state index is 1.29. The maximum Gasteiger partial charge on any atom is 0.0449 e. The fourth-order valence-electron chi connectivity index (χ4n) is 2.26. The van der Waals surface area contributed by atoms with Crippen molar-refractivity contribution in [3.8, 4) is 30.6 Å². The van der Waals surface area contributed by atoms with Crippen molar-refractivity contribution in [3.63, 3.8) is 0 Å². The van der Waals surface area contributed by atoms with Gasteiger partial charge in [0.15, 0.2) is 0 Å². The topological polar surface area (TPSA) is 0 Å². The smallest absolute Gasteiger partial charge is 0.0449 e. The summed E-state index contributed by atoms with van der Waals surface area (Å²) in [5, 5.41) is 4.39. The van der Waals surface area contributed by atoms with Gasteiger partial charge in [0.1, 0.15) is 0 Å². The summed E-state index contributed by atoms with van der Waals surface area (Å²) in [7, 11) is 0. The van der Waals surface area contributed by atoms with Gasteiger partial charge in [-0.25, -0.2) is 0 Å². The largest absolute Gasteiger partial charge is 0.143 e. The lowest BCUT2D eigenvalue weighted by Crippen LogP contribution is -1.67. The quantitative estimate of drug-likeness (QED) is 0.385. The molecule has 3 heterocycles. The van der Waals surface area contributed by atoms with E-state index in [0.717, 1.165) is 0 Å².